The summed E-state index contributed by atoms with van der Waals surface area (Å²) in [4.78, 5) is 23.1. The van der Waals surface area contributed by atoms with Crippen molar-refractivity contribution in [2.24, 2.45) is 0 Å². The van der Waals surface area contributed by atoms with Gasteiger partial charge in [0, 0.05) is 22.2 Å². The molecule has 0 fully saturated rings. The van der Waals surface area contributed by atoms with Gasteiger partial charge in [0.25, 0.3) is 0 Å². The highest BCUT2D eigenvalue weighted by Gasteiger charge is 2.18. The molecule has 1 heterocycles. The highest BCUT2D eigenvalue weighted by Crippen LogP contribution is 2.29. The van der Waals surface area contributed by atoms with Crippen LogP contribution in [0.5, 0.6) is 0 Å². The normalized spacial score (nSPS) is 11.4. The zero-order valence-corrected chi connectivity index (χ0v) is 10.6. The van der Waals surface area contributed by atoms with Gasteiger partial charge in [-0.05, 0) is 11.5 Å². The van der Waals surface area contributed by atoms with Crippen LogP contribution in [-0.2, 0) is 10.2 Å². The smallest absolute Gasteiger partial charge is 0.303 e. The Morgan fingerprint density at radius 1 is 1.31 bits per heavy atom. The predicted molar refractivity (Wildman–Crippen MR) is 64.2 cm³/mol. The predicted octanol–water partition coefficient (Wildman–Crippen LogP) is 3.09. The molecule has 0 bridgehead atoms. The summed E-state index contributed by atoms with van der Waals surface area (Å²) in [5.41, 5.74) is 0.673. The van der Waals surface area contributed by atoms with E-state index in [1.54, 1.807) is 11.3 Å². The van der Waals surface area contributed by atoms with Crippen molar-refractivity contribution in [1.29, 1.82) is 0 Å². The maximum Gasteiger partial charge on any atom is 0.303 e. The third-order valence-corrected chi connectivity index (χ3v) is 3.58. The molecule has 1 N–H and O–H groups in total. The lowest BCUT2D eigenvalue weighted by atomic mass is 9.94. The quantitative estimate of drug-likeness (QED) is 0.823. The molecule has 0 radical (unpaired) electrons. The number of thiophene rings is 1. The van der Waals surface area contributed by atoms with Crippen LogP contribution in [0.1, 0.15) is 48.8 Å². The van der Waals surface area contributed by atoms with Gasteiger partial charge in [0.05, 0.1) is 6.42 Å². The fraction of sp³-hybridized carbons (Fsp3) is 0.500. The fourth-order valence-electron chi connectivity index (χ4n) is 1.24. The second-order valence-electron chi connectivity index (χ2n) is 4.77. The molecule has 0 aliphatic heterocycles. The molecule has 1 aromatic heterocycles. The van der Waals surface area contributed by atoms with Crippen LogP contribution in [0.3, 0.4) is 0 Å². The molecule has 0 amide bonds. The summed E-state index contributed by atoms with van der Waals surface area (Å²) in [6.45, 7) is 6.26. The summed E-state index contributed by atoms with van der Waals surface area (Å²) >= 11 is 1.55. The maximum atomic E-state index is 11.6. The number of carbonyl (C=O) groups excluding carboxylic acids is 1. The van der Waals surface area contributed by atoms with Gasteiger partial charge in [-0.15, -0.1) is 11.3 Å². The molecule has 1 aromatic rings. The molecule has 4 heteroatoms. The van der Waals surface area contributed by atoms with Crippen LogP contribution in [0.15, 0.2) is 11.4 Å². The Kier molecular flexibility index (Phi) is 3.86. The van der Waals surface area contributed by atoms with Crippen molar-refractivity contribution in [1.82, 2.24) is 0 Å². The summed E-state index contributed by atoms with van der Waals surface area (Å²) < 4.78 is 0. The van der Waals surface area contributed by atoms with E-state index in [0.29, 0.717) is 5.56 Å². The minimum Gasteiger partial charge on any atom is -0.481 e. The van der Waals surface area contributed by atoms with Gasteiger partial charge in [0.1, 0.15) is 0 Å². The maximum absolute atomic E-state index is 11.6. The molecule has 0 saturated carbocycles. The molecule has 0 atom stereocenters. The molecule has 0 saturated heterocycles. The molecular weight excluding hydrogens is 224 g/mol. The number of carbonyl (C=O) groups is 2. The summed E-state index contributed by atoms with van der Waals surface area (Å²) in [5.74, 6) is -1.02. The van der Waals surface area contributed by atoms with E-state index < -0.39 is 5.97 Å². The molecule has 1 rings (SSSR count). The third kappa shape index (κ3) is 3.45. The minimum absolute atomic E-state index is 0.0377. The zero-order chi connectivity index (χ0) is 12.3. The number of carboxylic acid groups (broad SMARTS) is 1. The molecule has 3 nitrogen and oxygen atoms in total. The van der Waals surface area contributed by atoms with E-state index in [0.717, 1.165) is 4.88 Å². The molecule has 0 spiro atoms. The highest BCUT2D eigenvalue weighted by atomic mass is 32.1. The van der Waals surface area contributed by atoms with Gasteiger partial charge in [-0.3, -0.25) is 9.59 Å². The first-order valence-electron chi connectivity index (χ1n) is 5.14. The second kappa shape index (κ2) is 4.78. The Hall–Kier alpha value is -1.16. The molecular formula is C12H16O3S. The standard InChI is InChI=1S/C12H16O3S/c1-12(2,3)10-6-8(7-16-10)9(13)4-5-11(14)15/h6-7H,4-5H2,1-3H3,(H,14,15). The van der Waals surface area contributed by atoms with Crippen molar-refractivity contribution in [2.75, 3.05) is 0 Å². The Balaban J connectivity index is 2.71. The van der Waals surface area contributed by atoms with Gasteiger partial charge >= 0.3 is 5.97 Å². The van der Waals surface area contributed by atoms with E-state index in [-0.39, 0.29) is 24.0 Å². The van der Waals surface area contributed by atoms with Gasteiger partial charge in [0.15, 0.2) is 5.78 Å². The van der Waals surface area contributed by atoms with E-state index >= 15 is 0 Å². The Bertz CT molecular complexity index is 399. The van der Waals surface area contributed by atoms with Crippen LogP contribution < -0.4 is 0 Å². The van der Waals surface area contributed by atoms with Crippen LogP contribution in [-0.4, -0.2) is 16.9 Å². The van der Waals surface area contributed by atoms with E-state index in [1.165, 1.54) is 0 Å². The highest BCUT2D eigenvalue weighted by molar-refractivity contribution is 7.10. The summed E-state index contributed by atoms with van der Waals surface area (Å²) in [5, 5.41) is 10.3. The van der Waals surface area contributed by atoms with Crippen LogP contribution >= 0.6 is 11.3 Å². The van der Waals surface area contributed by atoms with Crippen molar-refractivity contribution >= 4 is 23.1 Å². The van der Waals surface area contributed by atoms with Crippen molar-refractivity contribution < 1.29 is 14.7 Å². The van der Waals surface area contributed by atoms with Gasteiger partial charge < -0.3 is 5.11 Å². The topological polar surface area (TPSA) is 54.4 Å². The van der Waals surface area contributed by atoms with Crippen molar-refractivity contribution in [3.63, 3.8) is 0 Å². The average Bonchev–Trinajstić information content (AvgIpc) is 2.61. The number of hydrogen-bond acceptors (Lipinski definition) is 3. The van der Waals surface area contributed by atoms with Crippen LogP contribution in [0.2, 0.25) is 0 Å². The lowest BCUT2D eigenvalue weighted by molar-refractivity contribution is -0.136. The third-order valence-electron chi connectivity index (χ3n) is 2.23. The Morgan fingerprint density at radius 3 is 2.38 bits per heavy atom. The van der Waals surface area contributed by atoms with E-state index in [9.17, 15) is 9.59 Å². The lowest BCUT2D eigenvalue weighted by Crippen LogP contribution is -2.08. The zero-order valence-electron chi connectivity index (χ0n) is 9.74. The average molecular weight is 240 g/mol. The number of rotatable bonds is 4. The largest absolute Gasteiger partial charge is 0.481 e. The lowest BCUT2D eigenvalue weighted by Gasteiger charge is -2.15. The van der Waals surface area contributed by atoms with Crippen molar-refractivity contribution in [3.05, 3.63) is 21.9 Å². The summed E-state index contributed by atoms with van der Waals surface area (Å²) in [6.07, 6.45) is -0.0187. The molecule has 0 aliphatic rings. The van der Waals surface area contributed by atoms with Gasteiger partial charge in [0.2, 0.25) is 0 Å². The second-order valence-corrected chi connectivity index (χ2v) is 5.68. The van der Waals surface area contributed by atoms with Crippen LogP contribution in [0.25, 0.3) is 0 Å². The summed E-state index contributed by atoms with van der Waals surface area (Å²) in [6, 6.07) is 1.87. The molecule has 16 heavy (non-hydrogen) atoms. The van der Waals surface area contributed by atoms with E-state index in [4.69, 9.17) is 5.11 Å². The number of ketones is 1. The first kappa shape index (κ1) is 12.9. The molecule has 88 valence electrons. The Labute approximate surface area is 99.1 Å². The van der Waals surface area contributed by atoms with E-state index in [2.05, 4.69) is 20.8 Å². The molecule has 0 aliphatic carbocycles. The number of hydrogen-bond donors (Lipinski definition) is 1. The minimum atomic E-state index is -0.931. The number of Topliss-reactive ketones (excluding diaryl/α,β-unsaturated/α-hetero) is 1. The number of aliphatic carboxylic acids is 1. The monoisotopic (exact) mass is 240 g/mol. The van der Waals surface area contributed by atoms with Gasteiger partial charge in [-0.2, -0.15) is 0 Å². The Morgan fingerprint density at radius 2 is 1.94 bits per heavy atom. The van der Waals surface area contributed by atoms with Crippen LogP contribution in [0.4, 0.5) is 0 Å². The van der Waals surface area contributed by atoms with Crippen molar-refractivity contribution in [2.45, 2.75) is 39.0 Å². The van der Waals surface area contributed by atoms with Gasteiger partial charge in [-0.1, -0.05) is 20.8 Å². The van der Waals surface area contributed by atoms with Gasteiger partial charge in [-0.25, -0.2) is 0 Å². The first-order valence-corrected chi connectivity index (χ1v) is 6.02. The molecule has 0 aromatic carbocycles. The van der Waals surface area contributed by atoms with E-state index in [1.807, 2.05) is 11.4 Å². The molecule has 0 unspecified atom stereocenters. The first-order chi connectivity index (χ1) is 7.30. The number of carboxylic acids is 1. The van der Waals surface area contributed by atoms with Crippen molar-refractivity contribution in [3.8, 4) is 0 Å². The fourth-order valence-corrected chi connectivity index (χ4v) is 2.24. The SMILES string of the molecule is CC(C)(C)c1cc(C(=O)CCC(=O)O)cs1. The van der Waals surface area contributed by atoms with Crippen LogP contribution in [0, 0.1) is 0 Å². The summed E-state index contributed by atoms with van der Waals surface area (Å²) in [7, 11) is 0.